The summed E-state index contributed by atoms with van der Waals surface area (Å²) in [6, 6.07) is 7.70. The second-order valence-corrected chi connectivity index (χ2v) is 4.97. The van der Waals surface area contributed by atoms with E-state index in [1.807, 2.05) is 24.3 Å². The third-order valence-electron chi connectivity index (χ3n) is 3.44. The van der Waals surface area contributed by atoms with Crippen molar-refractivity contribution in [3.05, 3.63) is 35.4 Å². The monoisotopic (exact) mass is 272 g/mol. The average molecular weight is 272 g/mol. The number of carbonyl (C=O) groups is 1. The van der Waals surface area contributed by atoms with Crippen LogP contribution in [0.4, 0.5) is 0 Å². The van der Waals surface area contributed by atoms with Crippen molar-refractivity contribution in [2.45, 2.75) is 51.4 Å². The number of benzene rings is 1. The predicted octanol–water partition coefficient (Wildman–Crippen LogP) is 4.38. The van der Waals surface area contributed by atoms with Crippen LogP contribution in [0.15, 0.2) is 24.3 Å². The Labute approximate surface area is 122 Å². The Kier molecular flexibility index (Phi) is 8.22. The average Bonchev–Trinajstić information content (AvgIpc) is 2.49. The minimum atomic E-state index is -0.241. The Hall–Kier alpha value is -1.75. The highest BCUT2D eigenvalue weighted by molar-refractivity contribution is 5.90. The number of rotatable bonds is 9. The molecule has 0 radical (unpaired) electrons. The number of unbranched alkanes of at least 4 members (excludes halogenated alkanes) is 6. The molecule has 0 fully saturated rings. The SMILES string of the molecule is C#CCCCCCCCCc1ccccc1C(=O)OC. The Morgan fingerprint density at radius 3 is 2.45 bits per heavy atom. The van der Waals surface area contributed by atoms with Gasteiger partial charge in [-0.25, -0.2) is 4.79 Å². The molecule has 0 bridgehead atoms. The van der Waals surface area contributed by atoms with Gasteiger partial charge in [-0.1, -0.05) is 43.9 Å². The summed E-state index contributed by atoms with van der Waals surface area (Å²) in [5.41, 5.74) is 1.79. The smallest absolute Gasteiger partial charge is 0.338 e. The molecule has 1 aromatic rings. The highest BCUT2D eigenvalue weighted by atomic mass is 16.5. The highest BCUT2D eigenvalue weighted by Gasteiger charge is 2.09. The summed E-state index contributed by atoms with van der Waals surface area (Å²) in [6.07, 6.45) is 14.2. The lowest BCUT2D eigenvalue weighted by Crippen LogP contribution is -2.05. The molecule has 1 rings (SSSR count). The third-order valence-corrected chi connectivity index (χ3v) is 3.44. The normalized spacial score (nSPS) is 10.0. The second-order valence-electron chi connectivity index (χ2n) is 4.97. The van der Waals surface area contributed by atoms with Gasteiger partial charge in [0, 0.05) is 6.42 Å². The van der Waals surface area contributed by atoms with E-state index in [9.17, 15) is 4.79 Å². The van der Waals surface area contributed by atoms with E-state index in [-0.39, 0.29) is 5.97 Å². The number of ether oxygens (including phenoxy) is 1. The fourth-order valence-corrected chi connectivity index (χ4v) is 2.30. The maximum absolute atomic E-state index is 11.6. The first-order valence-corrected chi connectivity index (χ1v) is 7.39. The zero-order chi connectivity index (χ0) is 14.6. The van der Waals surface area contributed by atoms with Gasteiger partial charge >= 0.3 is 5.97 Å². The molecule has 2 nitrogen and oxygen atoms in total. The lowest BCUT2D eigenvalue weighted by atomic mass is 10.0. The number of aryl methyl sites for hydroxylation is 1. The maximum Gasteiger partial charge on any atom is 0.338 e. The topological polar surface area (TPSA) is 26.3 Å². The first kappa shape index (κ1) is 16.3. The van der Waals surface area contributed by atoms with E-state index in [4.69, 9.17) is 11.2 Å². The fourth-order valence-electron chi connectivity index (χ4n) is 2.30. The summed E-state index contributed by atoms with van der Waals surface area (Å²) in [7, 11) is 1.43. The zero-order valence-electron chi connectivity index (χ0n) is 12.4. The molecule has 0 aliphatic carbocycles. The Bertz CT molecular complexity index is 443. The number of methoxy groups -OCH3 is 1. The molecule has 0 amide bonds. The molecule has 0 aromatic heterocycles. The predicted molar refractivity (Wildman–Crippen MR) is 82.6 cm³/mol. The van der Waals surface area contributed by atoms with Crippen molar-refractivity contribution in [2.24, 2.45) is 0 Å². The van der Waals surface area contributed by atoms with Gasteiger partial charge in [0.2, 0.25) is 0 Å². The van der Waals surface area contributed by atoms with Gasteiger partial charge in [-0.05, 0) is 30.9 Å². The molecule has 1 aromatic carbocycles. The number of carbonyl (C=O) groups excluding carboxylic acids is 1. The summed E-state index contributed by atoms with van der Waals surface area (Å²) in [5, 5.41) is 0. The van der Waals surface area contributed by atoms with Gasteiger partial charge in [0.1, 0.15) is 0 Å². The molecule has 0 unspecified atom stereocenters. The van der Waals surface area contributed by atoms with Gasteiger partial charge in [-0.15, -0.1) is 12.3 Å². The standard InChI is InChI=1S/C18H24O2/c1-3-4-5-6-7-8-9-10-13-16-14-11-12-15-17(16)18(19)20-2/h1,11-12,14-15H,4-10,13H2,2H3. The summed E-state index contributed by atoms with van der Waals surface area (Å²) in [5.74, 6) is 2.43. The molecule has 0 aliphatic heterocycles. The minimum Gasteiger partial charge on any atom is -0.465 e. The third kappa shape index (κ3) is 5.93. The molecule has 0 spiro atoms. The molecule has 0 aliphatic rings. The van der Waals surface area contributed by atoms with Gasteiger partial charge < -0.3 is 4.74 Å². The van der Waals surface area contributed by atoms with Gasteiger partial charge in [0.25, 0.3) is 0 Å². The van der Waals surface area contributed by atoms with Crippen LogP contribution in [0.3, 0.4) is 0 Å². The molecule has 20 heavy (non-hydrogen) atoms. The Morgan fingerprint density at radius 1 is 1.10 bits per heavy atom. The van der Waals surface area contributed by atoms with Crippen LogP contribution in [0, 0.1) is 12.3 Å². The highest BCUT2D eigenvalue weighted by Crippen LogP contribution is 2.15. The van der Waals surface area contributed by atoms with E-state index in [0.717, 1.165) is 31.2 Å². The molecule has 2 heteroatoms. The number of terminal acetylenes is 1. The van der Waals surface area contributed by atoms with Crippen LogP contribution in [-0.4, -0.2) is 13.1 Å². The van der Waals surface area contributed by atoms with Gasteiger partial charge in [-0.2, -0.15) is 0 Å². The summed E-state index contributed by atoms with van der Waals surface area (Å²) >= 11 is 0. The number of esters is 1. The lowest BCUT2D eigenvalue weighted by Gasteiger charge is -2.07. The summed E-state index contributed by atoms with van der Waals surface area (Å²) in [6.45, 7) is 0. The van der Waals surface area contributed by atoms with E-state index < -0.39 is 0 Å². The van der Waals surface area contributed by atoms with Crippen molar-refractivity contribution in [1.29, 1.82) is 0 Å². The summed E-state index contributed by atoms with van der Waals surface area (Å²) in [4.78, 5) is 11.6. The van der Waals surface area contributed by atoms with Crippen LogP contribution >= 0.6 is 0 Å². The largest absolute Gasteiger partial charge is 0.465 e. The molecular formula is C18H24O2. The molecule has 0 heterocycles. The van der Waals surface area contributed by atoms with Crippen LogP contribution in [0.25, 0.3) is 0 Å². The lowest BCUT2D eigenvalue weighted by molar-refractivity contribution is 0.0599. The van der Waals surface area contributed by atoms with E-state index in [0.29, 0.717) is 5.56 Å². The molecule has 0 atom stereocenters. The van der Waals surface area contributed by atoms with Crippen molar-refractivity contribution in [3.8, 4) is 12.3 Å². The van der Waals surface area contributed by atoms with Gasteiger partial charge in [-0.3, -0.25) is 0 Å². The van der Waals surface area contributed by atoms with Crippen LogP contribution in [-0.2, 0) is 11.2 Å². The van der Waals surface area contributed by atoms with Crippen LogP contribution in [0.5, 0.6) is 0 Å². The van der Waals surface area contributed by atoms with E-state index in [1.165, 1.54) is 32.8 Å². The quantitative estimate of drug-likeness (QED) is 0.379. The van der Waals surface area contributed by atoms with Crippen LogP contribution < -0.4 is 0 Å². The van der Waals surface area contributed by atoms with Crippen LogP contribution in [0.2, 0.25) is 0 Å². The first-order valence-electron chi connectivity index (χ1n) is 7.39. The number of hydrogen-bond acceptors (Lipinski definition) is 2. The fraction of sp³-hybridized carbons (Fsp3) is 0.500. The minimum absolute atomic E-state index is 0.241. The Morgan fingerprint density at radius 2 is 1.75 bits per heavy atom. The van der Waals surface area contributed by atoms with Gasteiger partial charge in [0.05, 0.1) is 12.7 Å². The molecule has 108 valence electrons. The zero-order valence-corrected chi connectivity index (χ0v) is 12.4. The van der Waals surface area contributed by atoms with Crippen molar-refractivity contribution < 1.29 is 9.53 Å². The van der Waals surface area contributed by atoms with Gasteiger partial charge in [0.15, 0.2) is 0 Å². The van der Waals surface area contributed by atoms with E-state index >= 15 is 0 Å². The van der Waals surface area contributed by atoms with Crippen molar-refractivity contribution in [2.75, 3.05) is 7.11 Å². The van der Waals surface area contributed by atoms with Crippen molar-refractivity contribution in [1.82, 2.24) is 0 Å². The Balaban J connectivity index is 2.25. The summed E-state index contributed by atoms with van der Waals surface area (Å²) < 4.78 is 4.80. The van der Waals surface area contributed by atoms with E-state index in [2.05, 4.69) is 5.92 Å². The maximum atomic E-state index is 11.6. The molecular weight excluding hydrogens is 248 g/mol. The van der Waals surface area contributed by atoms with E-state index in [1.54, 1.807) is 0 Å². The van der Waals surface area contributed by atoms with Crippen molar-refractivity contribution in [3.63, 3.8) is 0 Å². The van der Waals surface area contributed by atoms with Crippen LogP contribution in [0.1, 0.15) is 60.9 Å². The number of hydrogen-bond donors (Lipinski definition) is 0. The molecule has 0 saturated heterocycles. The first-order chi connectivity index (χ1) is 9.79. The van der Waals surface area contributed by atoms with Crippen molar-refractivity contribution >= 4 is 5.97 Å². The molecule has 0 saturated carbocycles. The molecule has 0 N–H and O–H groups in total. The second kappa shape index (κ2) is 10.1.